The van der Waals surface area contributed by atoms with Crippen molar-refractivity contribution >= 4 is 5.97 Å². The average molecular weight is 229 g/mol. The van der Waals surface area contributed by atoms with E-state index in [9.17, 15) is 4.79 Å². The number of nitriles is 1. The van der Waals surface area contributed by atoms with Crippen LogP contribution < -0.4 is 0 Å². The molecule has 0 aliphatic heterocycles. The Morgan fingerprint density at radius 3 is 2.65 bits per heavy atom. The van der Waals surface area contributed by atoms with E-state index < -0.39 is 11.9 Å². The molecule has 0 bridgehead atoms. The molecule has 0 aromatic heterocycles. The predicted molar refractivity (Wildman–Crippen MR) is 65.1 cm³/mol. The molecular weight excluding hydrogens is 214 g/mol. The number of benzene rings is 1. The number of hydrogen-bond acceptors (Lipinski definition) is 3. The van der Waals surface area contributed by atoms with Crippen molar-refractivity contribution < 1.29 is 9.53 Å². The van der Waals surface area contributed by atoms with Crippen LogP contribution in [0.3, 0.4) is 0 Å². The Morgan fingerprint density at radius 2 is 2.18 bits per heavy atom. The van der Waals surface area contributed by atoms with Crippen LogP contribution >= 0.6 is 0 Å². The highest BCUT2D eigenvalue weighted by Crippen LogP contribution is 2.26. The monoisotopic (exact) mass is 229 g/mol. The number of hydrogen-bond donors (Lipinski definition) is 0. The SMILES string of the molecule is C=CC(c1ccccc1)C(C#N)C(=O)OCC. The van der Waals surface area contributed by atoms with Gasteiger partial charge >= 0.3 is 5.97 Å². The fourth-order valence-corrected chi connectivity index (χ4v) is 1.65. The molecule has 0 amide bonds. The molecule has 17 heavy (non-hydrogen) atoms. The maximum atomic E-state index is 11.7. The lowest BCUT2D eigenvalue weighted by Crippen LogP contribution is -2.22. The Morgan fingerprint density at radius 1 is 1.53 bits per heavy atom. The topological polar surface area (TPSA) is 50.1 Å². The molecule has 0 spiro atoms. The number of ether oxygens (including phenoxy) is 1. The van der Waals surface area contributed by atoms with Gasteiger partial charge in [-0.15, -0.1) is 6.58 Å². The van der Waals surface area contributed by atoms with E-state index in [1.54, 1.807) is 13.0 Å². The van der Waals surface area contributed by atoms with E-state index in [1.807, 2.05) is 36.4 Å². The van der Waals surface area contributed by atoms with Gasteiger partial charge in [-0.2, -0.15) is 5.26 Å². The van der Waals surface area contributed by atoms with E-state index in [0.717, 1.165) is 5.56 Å². The van der Waals surface area contributed by atoms with E-state index in [4.69, 9.17) is 10.00 Å². The third kappa shape index (κ3) is 3.18. The standard InChI is InChI=1S/C14H15NO2/c1-3-12(11-8-6-5-7-9-11)13(10-15)14(16)17-4-2/h3,5-9,12-13H,1,4H2,2H3. The summed E-state index contributed by atoms with van der Waals surface area (Å²) in [5.74, 6) is -1.67. The minimum Gasteiger partial charge on any atom is -0.465 e. The lowest BCUT2D eigenvalue weighted by molar-refractivity contribution is -0.146. The van der Waals surface area contributed by atoms with Crippen LogP contribution in [0.15, 0.2) is 43.0 Å². The largest absolute Gasteiger partial charge is 0.465 e. The first kappa shape index (κ1) is 13.0. The summed E-state index contributed by atoms with van der Waals surface area (Å²) in [5.41, 5.74) is 0.891. The molecule has 2 atom stereocenters. The summed E-state index contributed by atoms with van der Waals surface area (Å²) >= 11 is 0. The minimum atomic E-state index is -0.838. The predicted octanol–water partition coefficient (Wildman–Crippen LogP) is 2.66. The molecule has 3 nitrogen and oxygen atoms in total. The number of esters is 1. The maximum Gasteiger partial charge on any atom is 0.324 e. The Labute approximate surface area is 101 Å². The van der Waals surface area contributed by atoms with E-state index in [2.05, 4.69) is 6.58 Å². The second-order valence-electron chi connectivity index (χ2n) is 3.53. The van der Waals surface area contributed by atoms with Crippen molar-refractivity contribution in [2.24, 2.45) is 5.92 Å². The first-order valence-corrected chi connectivity index (χ1v) is 5.48. The van der Waals surface area contributed by atoms with Crippen LogP contribution in [0.5, 0.6) is 0 Å². The zero-order valence-corrected chi connectivity index (χ0v) is 9.80. The molecule has 1 rings (SSSR count). The van der Waals surface area contributed by atoms with Crippen LogP contribution in [0.2, 0.25) is 0 Å². The maximum absolute atomic E-state index is 11.7. The smallest absolute Gasteiger partial charge is 0.324 e. The van der Waals surface area contributed by atoms with E-state index in [0.29, 0.717) is 0 Å². The van der Waals surface area contributed by atoms with Crippen molar-refractivity contribution in [3.8, 4) is 6.07 Å². The minimum absolute atomic E-state index is 0.273. The van der Waals surface area contributed by atoms with Gasteiger partial charge in [0.25, 0.3) is 0 Å². The van der Waals surface area contributed by atoms with Gasteiger partial charge in [0.05, 0.1) is 12.7 Å². The fraction of sp³-hybridized carbons (Fsp3) is 0.286. The highest BCUT2D eigenvalue weighted by molar-refractivity contribution is 5.77. The first-order valence-electron chi connectivity index (χ1n) is 5.48. The van der Waals surface area contributed by atoms with Crippen molar-refractivity contribution in [2.75, 3.05) is 6.61 Å². The summed E-state index contributed by atoms with van der Waals surface area (Å²) in [7, 11) is 0. The van der Waals surface area contributed by atoms with Crippen LogP contribution in [0, 0.1) is 17.2 Å². The van der Waals surface area contributed by atoms with Crippen LogP contribution in [0.25, 0.3) is 0 Å². The molecule has 0 N–H and O–H groups in total. The number of nitrogens with zero attached hydrogens (tertiary/aromatic N) is 1. The van der Waals surface area contributed by atoms with Gasteiger partial charge in [-0.05, 0) is 12.5 Å². The molecule has 0 saturated heterocycles. The number of carbonyl (C=O) groups excluding carboxylic acids is 1. The molecule has 0 aliphatic rings. The van der Waals surface area contributed by atoms with E-state index in [-0.39, 0.29) is 12.5 Å². The lowest BCUT2D eigenvalue weighted by Gasteiger charge is -2.17. The van der Waals surface area contributed by atoms with Gasteiger partial charge in [-0.25, -0.2) is 0 Å². The van der Waals surface area contributed by atoms with Gasteiger partial charge in [-0.1, -0.05) is 36.4 Å². The molecule has 0 fully saturated rings. The summed E-state index contributed by atoms with van der Waals surface area (Å²) in [6, 6.07) is 11.3. The fourth-order valence-electron chi connectivity index (χ4n) is 1.65. The highest BCUT2D eigenvalue weighted by Gasteiger charge is 2.28. The van der Waals surface area contributed by atoms with Crippen LogP contribution in [-0.4, -0.2) is 12.6 Å². The van der Waals surface area contributed by atoms with E-state index in [1.165, 1.54) is 0 Å². The van der Waals surface area contributed by atoms with Gasteiger partial charge in [0.1, 0.15) is 0 Å². The lowest BCUT2D eigenvalue weighted by atomic mass is 9.87. The summed E-state index contributed by atoms with van der Waals surface area (Å²) < 4.78 is 4.89. The number of carbonyl (C=O) groups is 1. The Hall–Kier alpha value is -2.08. The number of allylic oxidation sites excluding steroid dienone is 1. The van der Waals surface area contributed by atoms with Gasteiger partial charge < -0.3 is 4.74 Å². The molecule has 3 heteroatoms. The van der Waals surface area contributed by atoms with Crippen molar-refractivity contribution in [2.45, 2.75) is 12.8 Å². The molecule has 0 radical (unpaired) electrons. The molecule has 1 aromatic rings. The summed E-state index contributed by atoms with van der Waals surface area (Å²) in [6.45, 7) is 5.68. The molecule has 0 heterocycles. The highest BCUT2D eigenvalue weighted by atomic mass is 16.5. The summed E-state index contributed by atoms with van der Waals surface area (Å²) in [6.07, 6.45) is 1.61. The number of rotatable bonds is 5. The van der Waals surface area contributed by atoms with Crippen LogP contribution in [0.4, 0.5) is 0 Å². The third-order valence-electron chi connectivity index (χ3n) is 2.48. The Kier molecular flexibility index (Phi) is 4.96. The summed E-state index contributed by atoms with van der Waals surface area (Å²) in [4.78, 5) is 11.7. The van der Waals surface area contributed by atoms with Crippen molar-refractivity contribution in [1.29, 1.82) is 5.26 Å². The van der Waals surface area contributed by atoms with Crippen molar-refractivity contribution in [3.05, 3.63) is 48.6 Å². The molecule has 2 unspecified atom stereocenters. The van der Waals surface area contributed by atoms with Crippen molar-refractivity contribution in [1.82, 2.24) is 0 Å². The Bertz CT molecular complexity index is 420. The normalized spacial score (nSPS) is 13.2. The molecule has 88 valence electrons. The van der Waals surface area contributed by atoms with Crippen LogP contribution in [-0.2, 0) is 9.53 Å². The van der Waals surface area contributed by atoms with Crippen LogP contribution in [0.1, 0.15) is 18.4 Å². The molecule has 0 aliphatic carbocycles. The van der Waals surface area contributed by atoms with E-state index >= 15 is 0 Å². The Balaban J connectivity index is 2.97. The average Bonchev–Trinajstić information content (AvgIpc) is 2.37. The first-order chi connectivity index (χ1) is 8.24. The molecule has 1 aromatic carbocycles. The molecule has 0 saturated carbocycles. The second kappa shape index (κ2) is 6.49. The quantitative estimate of drug-likeness (QED) is 0.576. The third-order valence-corrected chi connectivity index (χ3v) is 2.48. The zero-order valence-electron chi connectivity index (χ0n) is 9.80. The zero-order chi connectivity index (χ0) is 12.7. The van der Waals surface area contributed by atoms with Gasteiger partial charge in [0.2, 0.25) is 0 Å². The van der Waals surface area contributed by atoms with Gasteiger partial charge in [0, 0.05) is 5.92 Å². The second-order valence-corrected chi connectivity index (χ2v) is 3.53. The van der Waals surface area contributed by atoms with Gasteiger partial charge in [-0.3, -0.25) is 4.79 Å². The van der Waals surface area contributed by atoms with Crippen molar-refractivity contribution in [3.63, 3.8) is 0 Å². The van der Waals surface area contributed by atoms with Gasteiger partial charge in [0.15, 0.2) is 5.92 Å². The summed E-state index contributed by atoms with van der Waals surface area (Å²) in [5, 5.41) is 9.09. The molecular formula is C14H15NO2.